The van der Waals surface area contributed by atoms with E-state index in [9.17, 15) is 0 Å². The van der Waals surface area contributed by atoms with Crippen LogP contribution in [-0.2, 0) is 0 Å². The molecule has 0 spiro atoms. The number of aromatic nitrogens is 1. The number of furan rings is 1. The summed E-state index contributed by atoms with van der Waals surface area (Å²) in [4.78, 5) is 6.57. The van der Waals surface area contributed by atoms with Gasteiger partial charge in [-0.25, -0.2) is 0 Å². The maximum absolute atomic E-state index is 6.43. The minimum absolute atomic E-state index is 0.215. The highest BCUT2D eigenvalue weighted by Crippen LogP contribution is 2.44. The van der Waals surface area contributed by atoms with Crippen LogP contribution in [0.5, 0.6) is 0 Å². The first kappa shape index (κ1) is 21.3. The highest BCUT2D eigenvalue weighted by molar-refractivity contribution is 7.80. The maximum atomic E-state index is 6.43. The largest absolute Gasteiger partial charge is 0.459 e. The molecule has 2 aromatic heterocycles. The number of pyridine rings is 1. The third-order valence-electron chi connectivity index (χ3n) is 5.34. The van der Waals surface area contributed by atoms with Crippen molar-refractivity contribution in [2.24, 2.45) is 0 Å². The molecule has 1 fully saturated rings. The summed E-state index contributed by atoms with van der Waals surface area (Å²) < 4.78 is 6.33. The second-order valence-electron chi connectivity index (χ2n) is 7.28. The Morgan fingerprint density at radius 1 is 0.906 bits per heavy atom. The Bertz CT molecular complexity index is 1280. The van der Waals surface area contributed by atoms with E-state index in [1.807, 2.05) is 71.6 Å². The predicted octanol–water partition coefficient (Wildman–Crippen LogP) is 7.48. The van der Waals surface area contributed by atoms with Crippen LogP contribution in [0.4, 0.5) is 5.69 Å². The van der Waals surface area contributed by atoms with Gasteiger partial charge in [0.1, 0.15) is 17.6 Å². The van der Waals surface area contributed by atoms with Crippen LogP contribution < -0.4 is 10.2 Å². The summed E-state index contributed by atoms with van der Waals surface area (Å²) >= 11 is 24.5. The van der Waals surface area contributed by atoms with Gasteiger partial charge < -0.3 is 14.6 Å². The van der Waals surface area contributed by atoms with Crippen molar-refractivity contribution in [3.63, 3.8) is 0 Å². The van der Waals surface area contributed by atoms with Crippen molar-refractivity contribution in [1.29, 1.82) is 0 Å². The van der Waals surface area contributed by atoms with Crippen molar-refractivity contribution in [2.75, 3.05) is 4.90 Å². The van der Waals surface area contributed by atoms with Gasteiger partial charge in [-0.2, -0.15) is 0 Å². The van der Waals surface area contributed by atoms with Gasteiger partial charge >= 0.3 is 0 Å². The zero-order valence-electron chi connectivity index (χ0n) is 16.5. The molecule has 1 saturated heterocycles. The molecule has 0 amide bonds. The number of nitrogens with one attached hydrogen (secondary N) is 1. The molecule has 0 bridgehead atoms. The number of rotatable bonds is 4. The van der Waals surface area contributed by atoms with E-state index in [0.29, 0.717) is 31.7 Å². The van der Waals surface area contributed by atoms with E-state index in [0.717, 1.165) is 16.9 Å². The van der Waals surface area contributed by atoms with Gasteiger partial charge in [0.05, 0.1) is 21.8 Å². The molecule has 1 N–H and O–H groups in total. The maximum Gasteiger partial charge on any atom is 0.174 e. The Kier molecular flexibility index (Phi) is 5.82. The van der Waals surface area contributed by atoms with Gasteiger partial charge in [-0.05, 0) is 72.9 Å². The molecule has 0 saturated carbocycles. The first-order valence-corrected chi connectivity index (χ1v) is 11.4. The predicted molar refractivity (Wildman–Crippen MR) is 134 cm³/mol. The van der Waals surface area contributed by atoms with Crippen molar-refractivity contribution < 1.29 is 4.42 Å². The molecule has 8 heteroatoms. The van der Waals surface area contributed by atoms with E-state index >= 15 is 0 Å². The van der Waals surface area contributed by atoms with Gasteiger partial charge in [-0.1, -0.05) is 46.9 Å². The molecule has 2 atom stereocenters. The Hall–Kier alpha value is -2.57. The SMILES string of the molecule is S=C1N[C@H](c2ccccn2)[C@H](c2ccc(-c3cccc(Cl)c3Cl)o2)N1c1ccc(Cl)cc1. The van der Waals surface area contributed by atoms with Gasteiger partial charge in [0, 0.05) is 22.5 Å². The van der Waals surface area contributed by atoms with Crippen molar-refractivity contribution in [1.82, 2.24) is 10.3 Å². The molecule has 4 nitrogen and oxygen atoms in total. The summed E-state index contributed by atoms with van der Waals surface area (Å²) in [5.74, 6) is 1.34. The van der Waals surface area contributed by atoms with Crippen LogP contribution in [0, 0.1) is 0 Å². The van der Waals surface area contributed by atoms with Crippen LogP contribution in [0.3, 0.4) is 0 Å². The van der Waals surface area contributed by atoms with Crippen LogP contribution >= 0.6 is 47.0 Å². The van der Waals surface area contributed by atoms with Crippen LogP contribution in [0.25, 0.3) is 11.3 Å². The lowest BCUT2D eigenvalue weighted by molar-refractivity contribution is 0.439. The molecule has 160 valence electrons. The zero-order valence-corrected chi connectivity index (χ0v) is 19.6. The minimum atomic E-state index is -0.273. The molecule has 1 aliphatic rings. The number of halogens is 3. The van der Waals surface area contributed by atoms with Crippen LogP contribution in [0.15, 0.2) is 83.4 Å². The summed E-state index contributed by atoms with van der Waals surface area (Å²) in [7, 11) is 0. The average Bonchev–Trinajstić information content (AvgIpc) is 3.41. The lowest BCUT2D eigenvalue weighted by atomic mass is 10.0. The smallest absolute Gasteiger partial charge is 0.174 e. The molecule has 5 rings (SSSR count). The number of hydrogen-bond acceptors (Lipinski definition) is 3. The summed E-state index contributed by atoms with van der Waals surface area (Å²) in [5.41, 5.74) is 2.48. The Labute approximate surface area is 205 Å². The quantitative estimate of drug-likeness (QED) is 0.294. The summed E-state index contributed by atoms with van der Waals surface area (Å²) in [6.45, 7) is 0. The van der Waals surface area contributed by atoms with Crippen molar-refractivity contribution in [3.05, 3.63) is 106 Å². The van der Waals surface area contributed by atoms with Crippen LogP contribution in [0.2, 0.25) is 15.1 Å². The monoisotopic (exact) mass is 499 g/mol. The summed E-state index contributed by atoms with van der Waals surface area (Å²) in [5, 5.41) is 5.56. The lowest BCUT2D eigenvalue weighted by Gasteiger charge is -2.26. The van der Waals surface area contributed by atoms with E-state index in [-0.39, 0.29) is 12.1 Å². The molecular weight excluding hydrogens is 485 g/mol. The fourth-order valence-electron chi connectivity index (χ4n) is 3.87. The van der Waals surface area contributed by atoms with E-state index in [1.54, 1.807) is 12.3 Å². The van der Waals surface area contributed by atoms with Gasteiger partial charge in [0.25, 0.3) is 0 Å². The first-order chi connectivity index (χ1) is 15.5. The molecule has 2 aromatic carbocycles. The van der Waals surface area contributed by atoms with Crippen LogP contribution in [0.1, 0.15) is 23.5 Å². The van der Waals surface area contributed by atoms with Gasteiger partial charge in [-0.3, -0.25) is 4.98 Å². The highest BCUT2D eigenvalue weighted by atomic mass is 35.5. The fraction of sp³-hybridized carbons (Fsp3) is 0.0833. The topological polar surface area (TPSA) is 41.3 Å². The summed E-state index contributed by atoms with van der Waals surface area (Å²) in [6, 6.07) is 22.2. The van der Waals surface area contributed by atoms with E-state index < -0.39 is 0 Å². The number of thiocarbonyl (C=S) groups is 1. The van der Waals surface area contributed by atoms with Crippen molar-refractivity contribution in [2.45, 2.75) is 12.1 Å². The second-order valence-corrected chi connectivity index (χ2v) is 8.88. The van der Waals surface area contributed by atoms with Crippen molar-refractivity contribution >= 4 is 57.8 Å². The van der Waals surface area contributed by atoms with Gasteiger partial charge in [0.15, 0.2) is 5.11 Å². The van der Waals surface area contributed by atoms with Crippen LogP contribution in [-0.4, -0.2) is 10.1 Å². The Balaban J connectivity index is 1.61. The molecular formula is C24H16Cl3N3OS. The third-order valence-corrected chi connectivity index (χ3v) is 6.72. The second kappa shape index (κ2) is 8.75. The Morgan fingerprint density at radius 3 is 2.47 bits per heavy atom. The lowest BCUT2D eigenvalue weighted by Crippen LogP contribution is -2.29. The van der Waals surface area contributed by atoms with Gasteiger partial charge in [0.2, 0.25) is 0 Å². The average molecular weight is 501 g/mol. The molecule has 3 heterocycles. The number of benzene rings is 2. The minimum Gasteiger partial charge on any atom is -0.459 e. The molecule has 4 aromatic rings. The summed E-state index contributed by atoms with van der Waals surface area (Å²) in [6.07, 6.45) is 1.77. The first-order valence-electron chi connectivity index (χ1n) is 9.83. The highest BCUT2D eigenvalue weighted by Gasteiger charge is 2.42. The standard InChI is InChI=1S/C24H16Cl3N3OS/c25-14-7-9-15(10-8-14)30-23(22(29-24(30)32)18-6-1-2-13-28-18)20-12-11-19(31-20)16-4-3-5-17(26)21(16)27/h1-13,22-23H,(H,29,32)/t22-,23+/m1/s1. The fourth-order valence-corrected chi connectivity index (χ4v) is 4.74. The molecule has 1 aliphatic heterocycles. The van der Waals surface area contributed by atoms with E-state index in [2.05, 4.69) is 10.3 Å². The zero-order chi connectivity index (χ0) is 22.2. The number of hydrogen-bond donors (Lipinski definition) is 1. The molecule has 0 radical (unpaired) electrons. The van der Waals surface area contributed by atoms with Crippen molar-refractivity contribution in [3.8, 4) is 11.3 Å². The Morgan fingerprint density at radius 2 is 1.72 bits per heavy atom. The van der Waals surface area contributed by atoms with E-state index in [1.165, 1.54) is 0 Å². The molecule has 0 aliphatic carbocycles. The normalized spacial score (nSPS) is 18.1. The number of anilines is 1. The van der Waals surface area contributed by atoms with E-state index in [4.69, 9.17) is 51.4 Å². The third kappa shape index (κ3) is 3.86. The molecule has 32 heavy (non-hydrogen) atoms. The molecule has 0 unspecified atom stereocenters. The van der Waals surface area contributed by atoms with Gasteiger partial charge in [-0.15, -0.1) is 0 Å². The number of nitrogens with zero attached hydrogens (tertiary/aromatic N) is 2.